The molecule has 5 aromatic rings. The van der Waals surface area contributed by atoms with Gasteiger partial charge in [0.2, 0.25) is 0 Å². The average Bonchev–Trinajstić information content (AvgIpc) is 3.83. The van der Waals surface area contributed by atoms with Crippen molar-refractivity contribution in [2.24, 2.45) is 5.10 Å². The third-order valence-corrected chi connectivity index (χ3v) is 9.18. The molecule has 1 aliphatic heterocycles. The number of hydrogen-bond acceptors (Lipinski definition) is 7. The van der Waals surface area contributed by atoms with Crippen molar-refractivity contribution in [3.8, 4) is 0 Å². The molecule has 1 atom stereocenters. The van der Waals surface area contributed by atoms with Crippen molar-refractivity contribution < 1.29 is 18.4 Å². The molecule has 0 aliphatic carbocycles. The van der Waals surface area contributed by atoms with Crippen molar-refractivity contribution in [3.63, 3.8) is 0 Å². The number of carbonyl (C=O) groups is 2. The first-order valence-corrected chi connectivity index (χ1v) is 16.1. The fraction of sp³-hybridized carbons (Fsp3) is 0.182. The maximum atomic E-state index is 13.7. The van der Waals surface area contributed by atoms with Crippen LogP contribution in [0.3, 0.4) is 0 Å². The van der Waals surface area contributed by atoms with Crippen LogP contribution in [0.25, 0.3) is 0 Å². The van der Waals surface area contributed by atoms with Crippen molar-refractivity contribution in [2.75, 3.05) is 5.75 Å². The van der Waals surface area contributed by atoms with Crippen LogP contribution < -0.4 is 5.32 Å². The Hall–Kier alpha value is -4.68. The minimum Gasteiger partial charge on any atom is -0.345 e. The highest BCUT2D eigenvalue weighted by atomic mass is 32.2. The first-order chi connectivity index (χ1) is 21.9. The lowest BCUT2D eigenvalue weighted by Crippen LogP contribution is -2.28. The standard InChI is InChI=1S/C33H28F2N6O2S2/c34-25-13-11-23(12-14-25)28-19-27(29-10-5-17-44-29)39-41(28)31(42)21-45-33-38-37-30(40(33)16-15-22-6-2-1-3-7-22)20-36-32(43)24-8-4-9-26(35)18-24/h1-14,17-18,28H,15-16,19-21H2,(H,36,43)/t28-/m1/s1. The summed E-state index contributed by atoms with van der Waals surface area (Å²) in [6, 6.07) is 25.1. The number of thiophene rings is 1. The Morgan fingerprint density at radius 3 is 2.51 bits per heavy atom. The molecule has 0 unspecified atom stereocenters. The van der Waals surface area contributed by atoms with Gasteiger partial charge in [-0.25, -0.2) is 13.8 Å². The molecule has 6 rings (SSSR count). The minimum absolute atomic E-state index is 0.0397. The molecule has 2 amide bonds. The second kappa shape index (κ2) is 14.0. The Labute approximate surface area is 266 Å². The molecule has 45 heavy (non-hydrogen) atoms. The summed E-state index contributed by atoms with van der Waals surface area (Å²) in [6.45, 7) is 0.584. The van der Waals surface area contributed by atoms with Crippen LogP contribution in [0.4, 0.5) is 8.78 Å². The summed E-state index contributed by atoms with van der Waals surface area (Å²) in [4.78, 5) is 27.3. The third-order valence-electron chi connectivity index (χ3n) is 7.31. The van der Waals surface area contributed by atoms with Crippen LogP contribution in [-0.2, 0) is 24.3 Å². The summed E-state index contributed by atoms with van der Waals surface area (Å²) < 4.78 is 29.2. The SMILES string of the molecule is O=C(NCc1nnc(SCC(=O)N2N=C(c3cccs3)C[C@@H]2c2ccc(F)cc2)n1CCc1ccccc1)c1cccc(F)c1. The van der Waals surface area contributed by atoms with Crippen LogP contribution in [0.15, 0.2) is 107 Å². The van der Waals surface area contributed by atoms with Gasteiger partial charge in [0.05, 0.1) is 28.9 Å². The van der Waals surface area contributed by atoms with Crippen LogP contribution in [0.1, 0.15) is 44.6 Å². The van der Waals surface area contributed by atoms with Crippen LogP contribution in [0, 0.1) is 11.6 Å². The molecule has 0 radical (unpaired) electrons. The number of aromatic nitrogens is 3. The number of aryl methyl sites for hydroxylation is 1. The summed E-state index contributed by atoms with van der Waals surface area (Å²) >= 11 is 2.79. The molecule has 0 spiro atoms. The van der Waals surface area contributed by atoms with Gasteiger partial charge in [-0.15, -0.1) is 21.5 Å². The highest BCUT2D eigenvalue weighted by molar-refractivity contribution is 7.99. The third kappa shape index (κ3) is 7.35. The normalized spacial score (nSPS) is 14.4. The summed E-state index contributed by atoms with van der Waals surface area (Å²) in [5.41, 5.74) is 2.92. The molecular formula is C33H28F2N6O2S2. The van der Waals surface area contributed by atoms with Gasteiger partial charge >= 0.3 is 0 Å². The smallest absolute Gasteiger partial charge is 0.253 e. The van der Waals surface area contributed by atoms with E-state index in [0.717, 1.165) is 21.7 Å². The molecule has 12 heteroatoms. The van der Waals surface area contributed by atoms with Gasteiger partial charge in [0, 0.05) is 18.5 Å². The number of rotatable bonds is 11. The summed E-state index contributed by atoms with van der Waals surface area (Å²) in [5, 5.41) is 20.1. The minimum atomic E-state index is -0.497. The summed E-state index contributed by atoms with van der Waals surface area (Å²) in [6.07, 6.45) is 1.20. The first kappa shape index (κ1) is 30.4. The molecule has 0 saturated heterocycles. The van der Waals surface area contributed by atoms with Crippen molar-refractivity contribution >= 4 is 40.6 Å². The number of hydrazone groups is 1. The van der Waals surface area contributed by atoms with Gasteiger partial charge in [-0.1, -0.05) is 66.4 Å². The van der Waals surface area contributed by atoms with Gasteiger partial charge in [-0.2, -0.15) is 5.10 Å². The molecule has 8 nitrogen and oxygen atoms in total. The Morgan fingerprint density at radius 2 is 1.76 bits per heavy atom. The molecular weight excluding hydrogens is 615 g/mol. The highest BCUT2D eigenvalue weighted by Crippen LogP contribution is 2.34. The quantitative estimate of drug-likeness (QED) is 0.172. The summed E-state index contributed by atoms with van der Waals surface area (Å²) in [5.74, 6) is -0.950. The lowest BCUT2D eigenvalue weighted by Gasteiger charge is -2.22. The van der Waals surface area contributed by atoms with E-state index in [4.69, 9.17) is 5.10 Å². The predicted octanol–water partition coefficient (Wildman–Crippen LogP) is 6.26. The van der Waals surface area contributed by atoms with Crippen molar-refractivity contribution in [1.29, 1.82) is 0 Å². The Bertz CT molecular complexity index is 1810. The van der Waals surface area contributed by atoms with E-state index in [1.54, 1.807) is 23.5 Å². The van der Waals surface area contributed by atoms with Crippen LogP contribution in [0.2, 0.25) is 0 Å². The zero-order chi connectivity index (χ0) is 31.2. The zero-order valence-corrected chi connectivity index (χ0v) is 25.6. The van der Waals surface area contributed by atoms with E-state index in [9.17, 15) is 18.4 Å². The molecule has 1 N–H and O–H groups in total. The molecule has 228 valence electrons. The monoisotopic (exact) mass is 642 g/mol. The van der Waals surface area contributed by atoms with E-state index in [0.29, 0.717) is 30.4 Å². The number of amides is 2. The molecule has 0 bridgehead atoms. The molecule has 1 aliphatic rings. The van der Waals surface area contributed by atoms with Crippen LogP contribution in [-0.4, -0.2) is 43.1 Å². The zero-order valence-electron chi connectivity index (χ0n) is 24.0. The number of nitrogens with one attached hydrogen (secondary N) is 1. The van der Waals surface area contributed by atoms with Crippen molar-refractivity contribution in [1.82, 2.24) is 25.1 Å². The van der Waals surface area contributed by atoms with E-state index < -0.39 is 11.7 Å². The maximum absolute atomic E-state index is 13.7. The molecule has 0 saturated carbocycles. The largest absolute Gasteiger partial charge is 0.345 e. The highest BCUT2D eigenvalue weighted by Gasteiger charge is 2.33. The summed E-state index contributed by atoms with van der Waals surface area (Å²) in [7, 11) is 0. The predicted molar refractivity (Wildman–Crippen MR) is 170 cm³/mol. The molecule has 3 heterocycles. The van der Waals surface area contributed by atoms with Gasteiger partial charge in [-0.05, 0) is 59.3 Å². The second-order valence-corrected chi connectivity index (χ2v) is 12.2. The van der Waals surface area contributed by atoms with Crippen molar-refractivity contribution in [3.05, 3.63) is 135 Å². The van der Waals surface area contributed by atoms with Gasteiger partial charge in [0.15, 0.2) is 11.0 Å². The Morgan fingerprint density at radius 1 is 0.933 bits per heavy atom. The van der Waals surface area contributed by atoms with Crippen molar-refractivity contribution in [2.45, 2.75) is 37.1 Å². The number of nitrogens with zero attached hydrogens (tertiary/aromatic N) is 5. The van der Waals surface area contributed by atoms with E-state index in [2.05, 4.69) is 15.5 Å². The van der Waals surface area contributed by atoms with Crippen LogP contribution >= 0.6 is 23.1 Å². The first-order valence-electron chi connectivity index (χ1n) is 14.3. The second-order valence-electron chi connectivity index (χ2n) is 10.3. The Kier molecular flexibility index (Phi) is 9.41. The van der Waals surface area contributed by atoms with Gasteiger partial charge < -0.3 is 9.88 Å². The van der Waals surface area contributed by atoms with Crippen LogP contribution in [0.5, 0.6) is 0 Å². The van der Waals surface area contributed by atoms with E-state index in [-0.39, 0.29) is 35.6 Å². The lowest BCUT2D eigenvalue weighted by atomic mass is 10.0. The van der Waals surface area contributed by atoms with Gasteiger partial charge in [-0.3, -0.25) is 9.59 Å². The number of benzene rings is 3. The lowest BCUT2D eigenvalue weighted by molar-refractivity contribution is -0.130. The fourth-order valence-corrected chi connectivity index (χ4v) is 6.58. The maximum Gasteiger partial charge on any atom is 0.253 e. The number of carbonyl (C=O) groups excluding carboxylic acids is 2. The number of thioether (sulfide) groups is 1. The fourth-order valence-electron chi connectivity index (χ4n) is 5.03. The van der Waals surface area contributed by atoms with E-state index in [1.807, 2.05) is 52.4 Å². The molecule has 2 aromatic heterocycles. The molecule has 0 fully saturated rings. The van der Waals surface area contributed by atoms with Gasteiger partial charge in [0.1, 0.15) is 11.6 Å². The number of hydrogen-bond donors (Lipinski definition) is 1. The topological polar surface area (TPSA) is 92.5 Å². The Balaban J connectivity index is 1.19. The number of halogens is 2. The molecule has 3 aromatic carbocycles. The van der Waals surface area contributed by atoms with E-state index in [1.165, 1.54) is 53.2 Å². The van der Waals surface area contributed by atoms with E-state index >= 15 is 0 Å². The average molecular weight is 643 g/mol. The van der Waals surface area contributed by atoms with Gasteiger partial charge in [0.25, 0.3) is 11.8 Å².